The fourth-order valence-corrected chi connectivity index (χ4v) is 5.46. The lowest BCUT2D eigenvalue weighted by molar-refractivity contribution is -0.358. The molecule has 1 saturated heterocycles. The molecule has 3 aliphatic rings. The fraction of sp³-hybridized carbons (Fsp3) is 0.318. The van der Waals surface area contributed by atoms with Gasteiger partial charge in [0.2, 0.25) is 5.17 Å². The summed E-state index contributed by atoms with van der Waals surface area (Å²) in [4.78, 5) is 2.06. The molecule has 29 heavy (non-hydrogen) atoms. The zero-order valence-corrected chi connectivity index (χ0v) is 17.6. The average Bonchev–Trinajstić information content (AvgIpc) is 3.36. The second-order valence-electron chi connectivity index (χ2n) is 8.29. The van der Waals surface area contributed by atoms with E-state index < -0.39 is 6.97 Å². The summed E-state index contributed by atoms with van der Waals surface area (Å²) in [6.45, 7) is 3.68. The predicted molar refractivity (Wildman–Crippen MR) is 116 cm³/mol. The Kier molecular flexibility index (Phi) is 4.08. The van der Waals surface area contributed by atoms with Gasteiger partial charge >= 0.3 is 6.97 Å². The molecular formula is C22H23BClF2N3. The van der Waals surface area contributed by atoms with Crippen LogP contribution in [0, 0.1) is 20.8 Å². The summed E-state index contributed by atoms with van der Waals surface area (Å²) in [5, 5.41) is 0.0663. The number of rotatable bonds is 2. The normalized spacial score (nSPS) is 20.0. The van der Waals surface area contributed by atoms with Crippen molar-refractivity contribution in [2.75, 3.05) is 18.0 Å². The molecule has 7 heteroatoms. The molecule has 1 fully saturated rings. The molecule has 0 saturated carbocycles. The first-order valence-corrected chi connectivity index (χ1v) is 10.5. The Morgan fingerprint density at radius 3 is 2.31 bits per heavy atom. The van der Waals surface area contributed by atoms with Crippen LogP contribution in [0.1, 0.15) is 40.8 Å². The summed E-state index contributed by atoms with van der Waals surface area (Å²) >= 11 is 6.30. The van der Waals surface area contributed by atoms with Gasteiger partial charge in [0.25, 0.3) is 0 Å². The zero-order valence-electron chi connectivity index (χ0n) is 16.8. The molecule has 0 spiro atoms. The minimum Gasteiger partial charge on any atom is -0.389 e. The van der Waals surface area contributed by atoms with Crippen molar-refractivity contribution in [3.63, 3.8) is 0 Å². The van der Waals surface area contributed by atoms with E-state index in [2.05, 4.69) is 24.0 Å². The molecule has 3 aliphatic heterocycles. The number of aryl methyl sites for hydroxylation is 3. The third kappa shape index (κ3) is 2.58. The van der Waals surface area contributed by atoms with Gasteiger partial charge in [-0.05, 0) is 74.0 Å². The SMILES string of the molecule is Cc1cc(C)c(C2=C3C=CC(Cl)=[N+]3[B-](F)(F)n3c2ccc3N2CCCC2)c(C)c1. The molecule has 0 amide bonds. The van der Waals surface area contributed by atoms with E-state index in [1.54, 1.807) is 12.2 Å². The predicted octanol–water partition coefficient (Wildman–Crippen LogP) is 5.23. The first kappa shape index (κ1) is 18.7. The molecule has 0 unspecified atom stereocenters. The van der Waals surface area contributed by atoms with Crippen LogP contribution in [0.2, 0.25) is 0 Å². The Bertz CT molecular complexity index is 1110. The molecule has 5 rings (SSSR count). The highest BCUT2D eigenvalue weighted by Crippen LogP contribution is 2.44. The van der Waals surface area contributed by atoms with Crippen LogP contribution in [0.25, 0.3) is 5.57 Å². The molecule has 0 bridgehead atoms. The maximum Gasteiger partial charge on any atom is 0.739 e. The fourth-order valence-electron chi connectivity index (χ4n) is 5.19. The number of anilines is 1. The van der Waals surface area contributed by atoms with Crippen molar-refractivity contribution < 1.29 is 13.1 Å². The molecule has 3 nitrogen and oxygen atoms in total. The largest absolute Gasteiger partial charge is 0.739 e. The molecule has 1 aromatic heterocycles. The topological polar surface area (TPSA) is 11.2 Å². The monoisotopic (exact) mass is 413 g/mol. The molecular weight excluding hydrogens is 391 g/mol. The van der Waals surface area contributed by atoms with E-state index in [-0.39, 0.29) is 5.17 Å². The van der Waals surface area contributed by atoms with Crippen LogP contribution < -0.4 is 4.90 Å². The van der Waals surface area contributed by atoms with E-state index >= 15 is 8.63 Å². The maximum absolute atomic E-state index is 15.8. The molecule has 0 N–H and O–H groups in total. The Hall–Kier alpha value is -2.34. The number of benzene rings is 1. The van der Waals surface area contributed by atoms with E-state index in [1.165, 1.54) is 4.48 Å². The van der Waals surface area contributed by atoms with Gasteiger partial charge in [0.1, 0.15) is 0 Å². The zero-order chi connectivity index (χ0) is 20.5. The van der Waals surface area contributed by atoms with Crippen molar-refractivity contribution >= 4 is 35.1 Å². The van der Waals surface area contributed by atoms with Crippen LogP contribution in [0.5, 0.6) is 0 Å². The van der Waals surface area contributed by atoms with Crippen molar-refractivity contribution in [3.8, 4) is 0 Å². The Morgan fingerprint density at radius 2 is 1.66 bits per heavy atom. The van der Waals surface area contributed by atoms with Gasteiger partial charge in [-0.3, -0.25) is 0 Å². The van der Waals surface area contributed by atoms with Crippen molar-refractivity contribution in [2.24, 2.45) is 0 Å². The van der Waals surface area contributed by atoms with E-state index in [1.807, 2.05) is 26.0 Å². The van der Waals surface area contributed by atoms with Gasteiger partial charge in [-0.2, -0.15) is 0 Å². The standard InChI is InChI=1S/C22H23BClF2N3/c1-14-12-15(2)21(16(3)13-14)22-17-6-8-19(24)28(17)23(25,26)29-18(22)7-9-20(29)27-10-4-5-11-27/h6-9,12-13H,4-5,10-11H2,1-3H3. The highest BCUT2D eigenvalue weighted by atomic mass is 35.5. The molecule has 0 atom stereocenters. The summed E-state index contributed by atoms with van der Waals surface area (Å²) in [5.41, 5.74) is 6.19. The molecule has 150 valence electrons. The second kappa shape index (κ2) is 6.33. The summed E-state index contributed by atoms with van der Waals surface area (Å²) < 4.78 is 34.0. The summed E-state index contributed by atoms with van der Waals surface area (Å²) in [5.74, 6) is 0.581. The van der Waals surface area contributed by atoms with Gasteiger partial charge in [-0.15, -0.1) is 0 Å². The van der Waals surface area contributed by atoms with Gasteiger partial charge < -0.3 is 22.5 Å². The quantitative estimate of drug-likeness (QED) is 0.614. The van der Waals surface area contributed by atoms with Crippen molar-refractivity contribution in [1.29, 1.82) is 0 Å². The Labute approximate surface area is 174 Å². The number of hydrogen-bond donors (Lipinski definition) is 0. The van der Waals surface area contributed by atoms with Crippen molar-refractivity contribution in [3.05, 3.63) is 70.1 Å². The number of nitrogens with zero attached hydrogens (tertiary/aromatic N) is 3. The summed E-state index contributed by atoms with van der Waals surface area (Å²) in [7, 11) is 0. The average molecular weight is 414 g/mol. The van der Waals surface area contributed by atoms with Crippen LogP contribution in [-0.2, 0) is 0 Å². The molecule has 1 aromatic carbocycles. The number of aromatic nitrogens is 1. The Balaban J connectivity index is 1.85. The number of hydrogen-bond acceptors (Lipinski definition) is 1. The minimum absolute atomic E-state index is 0.0663. The molecule has 0 aliphatic carbocycles. The number of fused-ring (bicyclic) bond motifs is 2. The van der Waals surface area contributed by atoms with E-state index in [0.717, 1.165) is 58.2 Å². The molecule has 2 aromatic rings. The summed E-state index contributed by atoms with van der Waals surface area (Å²) in [6, 6.07) is 7.91. The first-order valence-electron chi connectivity index (χ1n) is 10.1. The number of halogens is 3. The lowest BCUT2D eigenvalue weighted by Gasteiger charge is -2.35. The van der Waals surface area contributed by atoms with Crippen LogP contribution in [0.4, 0.5) is 14.4 Å². The van der Waals surface area contributed by atoms with E-state index in [4.69, 9.17) is 11.6 Å². The smallest absolute Gasteiger partial charge is 0.389 e. The second-order valence-corrected chi connectivity index (χ2v) is 8.68. The van der Waals surface area contributed by atoms with Crippen LogP contribution >= 0.6 is 11.6 Å². The Morgan fingerprint density at radius 1 is 1.00 bits per heavy atom. The highest BCUT2D eigenvalue weighted by Gasteiger charge is 2.55. The first-order chi connectivity index (χ1) is 13.8. The van der Waals surface area contributed by atoms with E-state index in [9.17, 15) is 0 Å². The molecule has 4 heterocycles. The van der Waals surface area contributed by atoms with Crippen LogP contribution in [0.15, 0.2) is 42.1 Å². The van der Waals surface area contributed by atoms with E-state index in [0.29, 0.717) is 17.2 Å². The molecule has 0 radical (unpaired) electrons. The van der Waals surface area contributed by atoms with Crippen molar-refractivity contribution in [1.82, 2.24) is 4.48 Å². The van der Waals surface area contributed by atoms with Crippen LogP contribution in [-0.4, -0.2) is 34.2 Å². The highest BCUT2D eigenvalue weighted by molar-refractivity contribution is 6.71. The number of allylic oxidation sites excluding steroid dienone is 2. The third-order valence-corrected chi connectivity index (χ3v) is 6.56. The van der Waals surface area contributed by atoms with Gasteiger partial charge in [-0.25, -0.2) is 0 Å². The van der Waals surface area contributed by atoms with Gasteiger partial charge in [0.05, 0.1) is 11.4 Å². The van der Waals surface area contributed by atoms with Gasteiger partial charge in [0, 0.05) is 30.9 Å². The lowest BCUT2D eigenvalue weighted by Crippen LogP contribution is -2.51. The minimum atomic E-state index is -4.08. The maximum atomic E-state index is 15.8. The lowest BCUT2D eigenvalue weighted by atomic mass is 9.83. The third-order valence-electron chi connectivity index (χ3n) is 6.26. The van der Waals surface area contributed by atoms with Crippen molar-refractivity contribution in [2.45, 2.75) is 33.6 Å². The summed E-state index contributed by atoms with van der Waals surface area (Å²) in [6.07, 6.45) is 5.36. The van der Waals surface area contributed by atoms with Gasteiger partial charge in [0.15, 0.2) is 5.70 Å². The van der Waals surface area contributed by atoms with Gasteiger partial charge in [-0.1, -0.05) is 17.7 Å². The van der Waals surface area contributed by atoms with Crippen LogP contribution in [0.3, 0.4) is 0 Å².